The number of urea groups is 1. The molecule has 3 amide bonds. The first-order valence-electron chi connectivity index (χ1n) is 7.73. The van der Waals surface area contributed by atoms with Crippen LogP contribution in [0.25, 0.3) is 0 Å². The first-order valence-corrected chi connectivity index (χ1v) is 10.4. The van der Waals surface area contributed by atoms with Crippen LogP contribution in [-0.4, -0.2) is 48.9 Å². The lowest BCUT2D eigenvalue weighted by atomic mass is 10.0. The lowest BCUT2D eigenvalue weighted by Crippen LogP contribution is -2.51. The maximum absolute atomic E-state index is 12.3. The second-order valence-corrected chi connectivity index (χ2v) is 9.35. The molecule has 8 nitrogen and oxygen atoms in total. The van der Waals surface area contributed by atoms with Crippen LogP contribution in [0.15, 0.2) is 11.6 Å². The van der Waals surface area contributed by atoms with Gasteiger partial charge in [-0.1, -0.05) is 13.8 Å². The summed E-state index contributed by atoms with van der Waals surface area (Å²) >= 11 is 1.29. The average molecular weight is 374 g/mol. The van der Waals surface area contributed by atoms with Crippen LogP contribution in [-0.2, 0) is 14.6 Å². The van der Waals surface area contributed by atoms with Gasteiger partial charge in [0.1, 0.15) is 6.04 Å². The van der Waals surface area contributed by atoms with Crippen LogP contribution in [0.3, 0.4) is 0 Å². The van der Waals surface area contributed by atoms with Crippen molar-refractivity contribution >= 4 is 38.2 Å². The summed E-state index contributed by atoms with van der Waals surface area (Å²) in [4.78, 5) is 28.4. The van der Waals surface area contributed by atoms with Gasteiger partial charge < -0.3 is 16.0 Å². The molecular weight excluding hydrogens is 352 g/mol. The molecule has 10 heteroatoms. The second-order valence-electron chi connectivity index (χ2n) is 6.23. The van der Waals surface area contributed by atoms with E-state index in [0.29, 0.717) is 18.0 Å². The van der Waals surface area contributed by atoms with E-state index >= 15 is 0 Å². The monoisotopic (exact) mass is 374 g/mol. The van der Waals surface area contributed by atoms with Crippen molar-refractivity contribution in [1.82, 2.24) is 15.6 Å². The molecule has 2 rings (SSSR count). The van der Waals surface area contributed by atoms with E-state index in [9.17, 15) is 18.0 Å². The smallest absolute Gasteiger partial charge is 0.315 e. The summed E-state index contributed by atoms with van der Waals surface area (Å²) in [6.45, 7) is 3.90. The Kier molecular flexibility index (Phi) is 6.16. The van der Waals surface area contributed by atoms with E-state index in [4.69, 9.17) is 0 Å². The lowest BCUT2D eigenvalue weighted by molar-refractivity contribution is -0.118. The topological polar surface area (TPSA) is 117 Å². The van der Waals surface area contributed by atoms with Gasteiger partial charge in [0.25, 0.3) is 0 Å². The van der Waals surface area contributed by atoms with Gasteiger partial charge >= 0.3 is 6.03 Å². The Balaban J connectivity index is 1.92. The fourth-order valence-corrected chi connectivity index (χ4v) is 4.68. The number of thiazole rings is 1. The summed E-state index contributed by atoms with van der Waals surface area (Å²) in [6.07, 6.45) is 2.45. The average Bonchev–Trinajstić information content (AvgIpc) is 3.07. The Hall–Kier alpha value is -1.68. The molecule has 0 aliphatic carbocycles. The standard InChI is InChI=1S/C14H22N4O4S2/c1-9(2)7-11(12(19)18-14-15-4-5-23-14)17-13(20)16-10-3-6-24(21,22)8-10/h4-5,9-11H,3,6-8H2,1-2H3,(H,15,18,19)(H2,16,17,20)/t10?,11-/m1/s1. The van der Waals surface area contributed by atoms with Crippen molar-refractivity contribution < 1.29 is 18.0 Å². The highest BCUT2D eigenvalue weighted by Gasteiger charge is 2.30. The fraction of sp³-hybridized carbons (Fsp3) is 0.643. The predicted molar refractivity (Wildman–Crippen MR) is 92.7 cm³/mol. The van der Waals surface area contributed by atoms with Gasteiger partial charge in [-0.15, -0.1) is 11.3 Å². The van der Waals surface area contributed by atoms with Crippen molar-refractivity contribution in [3.05, 3.63) is 11.6 Å². The minimum absolute atomic E-state index is 0.0550. The predicted octanol–water partition coefficient (Wildman–Crippen LogP) is 0.983. The molecule has 2 heterocycles. The number of aromatic nitrogens is 1. The molecule has 1 aromatic heterocycles. The molecule has 0 bridgehead atoms. The van der Waals surface area contributed by atoms with Gasteiger partial charge in [0.15, 0.2) is 15.0 Å². The molecule has 0 aromatic carbocycles. The highest BCUT2D eigenvalue weighted by molar-refractivity contribution is 7.91. The first kappa shape index (κ1) is 18.7. The van der Waals surface area contributed by atoms with Gasteiger partial charge in [-0.25, -0.2) is 18.2 Å². The Morgan fingerprint density at radius 2 is 2.17 bits per heavy atom. The maximum atomic E-state index is 12.3. The number of carbonyl (C=O) groups excluding carboxylic acids is 2. The Morgan fingerprint density at radius 1 is 1.42 bits per heavy atom. The van der Waals surface area contributed by atoms with E-state index in [-0.39, 0.29) is 23.3 Å². The van der Waals surface area contributed by atoms with Crippen molar-refractivity contribution in [3.63, 3.8) is 0 Å². The quantitative estimate of drug-likeness (QED) is 0.686. The van der Waals surface area contributed by atoms with E-state index in [1.807, 2.05) is 13.8 Å². The van der Waals surface area contributed by atoms with Gasteiger partial charge in [-0.3, -0.25) is 4.79 Å². The molecule has 1 aromatic rings. The largest absolute Gasteiger partial charge is 0.334 e. The SMILES string of the molecule is CC(C)C[C@@H](NC(=O)NC1CCS(=O)(=O)C1)C(=O)Nc1nccs1. The molecule has 0 radical (unpaired) electrons. The van der Waals surface area contributed by atoms with E-state index in [1.54, 1.807) is 11.6 Å². The summed E-state index contributed by atoms with van der Waals surface area (Å²) < 4.78 is 22.9. The number of nitrogens with zero attached hydrogens (tertiary/aromatic N) is 1. The highest BCUT2D eigenvalue weighted by Crippen LogP contribution is 2.14. The molecule has 1 fully saturated rings. The van der Waals surface area contributed by atoms with Crippen LogP contribution >= 0.6 is 11.3 Å². The third-order valence-electron chi connectivity index (χ3n) is 3.56. The molecule has 134 valence electrons. The van der Waals surface area contributed by atoms with Crippen molar-refractivity contribution in [2.45, 2.75) is 38.8 Å². The van der Waals surface area contributed by atoms with Crippen LogP contribution in [0.5, 0.6) is 0 Å². The van der Waals surface area contributed by atoms with Crippen LogP contribution in [0.4, 0.5) is 9.93 Å². The Labute approximate surface area is 145 Å². The molecular formula is C14H22N4O4S2. The number of amides is 3. The number of carbonyl (C=O) groups is 2. The molecule has 1 unspecified atom stereocenters. The molecule has 2 atom stereocenters. The summed E-state index contributed by atoms with van der Waals surface area (Å²) in [5, 5.41) is 10.1. The zero-order valence-electron chi connectivity index (χ0n) is 13.6. The zero-order valence-corrected chi connectivity index (χ0v) is 15.2. The minimum atomic E-state index is -3.07. The minimum Gasteiger partial charge on any atom is -0.334 e. The van der Waals surface area contributed by atoms with Crippen molar-refractivity contribution in [2.75, 3.05) is 16.8 Å². The summed E-state index contributed by atoms with van der Waals surface area (Å²) in [5.41, 5.74) is 0. The van der Waals surface area contributed by atoms with E-state index in [1.165, 1.54) is 11.3 Å². The molecule has 1 aliphatic rings. The van der Waals surface area contributed by atoms with Crippen molar-refractivity contribution in [2.24, 2.45) is 5.92 Å². The van der Waals surface area contributed by atoms with Gasteiger partial charge in [-0.2, -0.15) is 0 Å². The highest BCUT2D eigenvalue weighted by atomic mass is 32.2. The zero-order chi connectivity index (χ0) is 17.7. The summed E-state index contributed by atoms with van der Waals surface area (Å²) in [6, 6.07) is -1.65. The van der Waals surface area contributed by atoms with Crippen molar-refractivity contribution in [3.8, 4) is 0 Å². The maximum Gasteiger partial charge on any atom is 0.315 e. The third-order valence-corrected chi connectivity index (χ3v) is 6.02. The molecule has 0 saturated carbocycles. The third kappa shape index (κ3) is 5.75. The molecule has 1 aliphatic heterocycles. The Bertz CT molecular complexity index is 673. The summed E-state index contributed by atoms with van der Waals surface area (Å²) in [7, 11) is -3.07. The van der Waals surface area contributed by atoms with Crippen LogP contribution < -0.4 is 16.0 Å². The molecule has 1 saturated heterocycles. The number of nitrogens with one attached hydrogen (secondary N) is 3. The Morgan fingerprint density at radius 3 is 2.71 bits per heavy atom. The number of hydrogen-bond acceptors (Lipinski definition) is 6. The van der Waals surface area contributed by atoms with Crippen LogP contribution in [0, 0.1) is 5.92 Å². The van der Waals surface area contributed by atoms with E-state index < -0.39 is 28.0 Å². The van der Waals surface area contributed by atoms with E-state index in [0.717, 1.165) is 0 Å². The number of sulfone groups is 1. The lowest BCUT2D eigenvalue weighted by Gasteiger charge is -2.21. The van der Waals surface area contributed by atoms with Gasteiger partial charge in [0, 0.05) is 17.6 Å². The molecule has 3 N–H and O–H groups in total. The number of anilines is 1. The van der Waals surface area contributed by atoms with Gasteiger partial charge in [0.05, 0.1) is 11.5 Å². The molecule has 0 spiro atoms. The van der Waals surface area contributed by atoms with Gasteiger partial charge in [0.2, 0.25) is 5.91 Å². The summed E-state index contributed by atoms with van der Waals surface area (Å²) in [5.74, 6) is -0.115. The second kappa shape index (κ2) is 7.93. The van der Waals surface area contributed by atoms with E-state index in [2.05, 4.69) is 20.9 Å². The fourth-order valence-electron chi connectivity index (χ4n) is 2.47. The number of hydrogen-bond donors (Lipinski definition) is 3. The first-order chi connectivity index (χ1) is 11.2. The van der Waals surface area contributed by atoms with Crippen LogP contribution in [0.1, 0.15) is 26.7 Å². The van der Waals surface area contributed by atoms with Crippen molar-refractivity contribution in [1.29, 1.82) is 0 Å². The van der Waals surface area contributed by atoms with Crippen LogP contribution in [0.2, 0.25) is 0 Å². The van der Waals surface area contributed by atoms with Gasteiger partial charge in [-0.05, 0) is 18.8 Å². The normalized spacial score (nSPS) is 20.5. The molecule has 24 heavy (non-hydrogen) atoms. The number of rotatable bonds is 6.